The molecular weight excluding hydrogens is 264 g/mol. The molecule has 0 radical (unpaired) electrons. The molecule has 1 aliphatic heterocycles. The lowest BCUT2D eigenvalue weighted by molar-refractivity contribution is -0.0630. The number of piperazine rings is 1. The summed E-state index contributed by atoms with van der Waals surface area (Å²) in [6, 6.07) is 0. The van der Waals surface area contributed by atoms with Crippen molar-refractivity contribution in [3.05, 3.63) is 0 Å². The van der Waals surface area contributed by atoms with Gasteiger partial charge in [0.05, 0.1) is 18.8 Å². The van der Waals surface area contributed by atoms with E-state index in [1.807, 2.05) is 0 Å². The van der Waals surface area contributed by atoms with E-state index in [1.54, 1.807) is 0 Å². The van der Waals surface area contributed by atoms with Crippen molar-refractivity contribution in [2.45, 2.75) is 52.2 Å². The van der Waals surface area contributed by atoms with Gasteiger partial charge in [0.25, 0.3) is 0 Å². The lowest BCUT2D eigenvalue weighted by Crippen LogP contribution is -2.47. The number of likely N-dealkylation sites (N-methyl/N-ethyl adjacent to an activating group) is 1. The molecule has 0 spiro atoms. The largest absolute Gasteiger partial charge is 0.389 e. The summed E-state index contributed by atoms with van der Waals surface area (Å²) in [5.74, 6) is 0.730. The highest BCUT2D eigenvalue weighted by Gasteiger charge is 2.32. The SMILES string of the molecule is C[C@@H]1C[C@H](OC[C@H](O)CN2CCN(C)CC2)CC(C)(C)C1. The highest BCUT2D eigenvalue weighted by Crippen LogP contribution is 2.39. The second kappa shape index (κ2) is 7.40. The van der Waals surface area contributed by atoms with Gasteiger partial charge in [0.1, 0.15) is 0 Å². The van der Waals surface area contributed by atoms with Gasteiger partial charge in [0.15, 0.2) is 0 Å². The molecule has 4 nitrogen and oxygen atoms in total. The molecule has 2 rings (SSSR count). The Balaban J connectivity index is 1.67. The molecule has 1 saturated carbocycles. The minimum atomic E-state index is -0.353. The topological polar surface area (TPSA) is 35.9 Å². The number of ether oxygens (including phenoxy) is 1. The minimum absolute atomic E-state index is 0.325. The summed E-state index contributed by atoms with van der Waals surface area (Å²) in [4.78, 5) is 4.69. The summed E-state index contributed by atoms with van der Waals surface area (Å²) in [5, 5.41) is 10.2. The van der Waals surface area contributed by atoms with Gasteiger partial charge < -0.3 is 14.7 Å². The fourth-order valence-corrected chi connectivity index (χ4v) is 4.01. The van der Waals surface area contributed by atoms with Crippen LogP contribution in [0.15, 0.2) is 0 Å². The molecule has 21 heavy (non-hydrogen) atoms. The maximum Gasteiger partial charge on any atom is 0.0900 e. The first-order valence-electron chi connectivity index (χ1n) is 8.54. The Bertz CT molecular complexity index is 314. The Morgan fingerprint density at radius 3 is 2.48 bits per heavy atom. The van der Waals surface area contributed by atoms with Gasteiger partial charge in [-0.05, 0) is 37.6 Å². The Hall–Kier alpha value is -0.160. The third-order valence-electron chi connectivity index (χ3n) is 4.94. The molecular formula is C17H34N2O2. The molecule has 0 aromatic rings. The molecule has 1 N–H and O–H groups in total. The number of aliphatic hydroxyl groups excluding tert-OH is 1. The maximum absolute atomic E-state index is 10.2. The zero-order valence-corrected chi connectivity index (χ0v) is 14.3. The standard InChI is InChI=1S/C17H34N2O2/c1-14-9-16(11-17(2,3)10-14)21-13-15(20)12-19-7-5-18(4)6-8-19/h14-16,20H,5-13H2,1-4H3/t14-,15-,16+/m1/s1. The van der Waals surface area contributed by atoms with Crippen LogP contribution in [0, 0.1) is 11.3 Å². The van der Waals surface area contributed by atoms with Crippen LogP contribution in [0.2, 0.25) is 0 Å². The first-order valence-corrected chi connectivity index (χ1v) is 8.54. The van der Waals surface area contributed by atoms with E-state index in [9.17, 15) is 5.11 Å². The van der Waals surface area contributed by atoms with Crippen LogP contribution in [0.1, 0.15) is 40.0 Å². The quantitative estimate of drug-likeness (QED) is 0.840. The molecule has 2 fully saturated rings. The smallest absolute Gasteiger partial charge is 0.0900 e. The molecule has 3 atom stereocenters. The van der Waals surface area contributed by atoms with E-state index in [4.69, 9.17) is 4.74 Å². The number of nitrogens with zero attached hydrogens (tertiary/aromatic N) is 2. The van der Waals surface area contributed by atoms with E-state index < -0.39 is 0 Å². The van der Waals surface area contributed by atoms with Gasteiger partial charge in [-0.2, -0.15) is 0 Å². The first kappa shape index (κ1) is 17.2. The third kappa shape index (κ3) is 5.85. The van der Waals surface area contributed by atoms with Crippen molar-refractivity contribution in [3.63, 3.8) is 0 Å². The molecule has 0 bridgehead atoms. The average Bonchev–Trinajstić information content (AvgIpc) is 2.37. The highest BCUT2D eigenvalue weighted by molar-refractivity contribution is 4.83. The van der Waals surface area contributed by atoms with Crippen molar-refractivity contribution in [2.75, 3.05) is 46.4 Å². The third-order valence-corrected chi connectivity index (χ3v) is 4.94. The minimum Gasteiger partial charge on any atom is -0.389 e. The van der Waals surface area contributed by atoms with Crippen LogP contribution in [0.5, 0.6) is 0 Å². The summed E-state index contributed by atoms with van der Waals surface area (Å²) < 4.78 is 6.03. The second-order valence-corrected chi connectivity index (χ2v) is 8.13. The van der Waals surface area contributed by atoms with Crippen LogP contribution in [0.3, 0.4) is 0 Å². The lowest BCUT2D eigenvalue weighted by Gasteiger charge is -2.39. The van der Waals surface area contributed by atoms with Crippen LogP contribution in [0.25, 0.3) is 0 Å². The van der Waals surface area contributed by atoms with Gasteiger partial charge in [0.2, 0.25) is 0 Å². The van der Waals surface area contributed by atoms with E-state index in [0.29, 0.717) is 18.1 Å². The Kier molecular flexibility index (Phi) is 6.06. The Morgan fingerprint density at radius 1 is 1.19 bits per heavy atom. The van der Waals surface area contributed by atoms with Crippen LogP contribution < -0.4 is 0 Å². The van der Waals surface area contributed by atoms with Crippen molar-refractivity contribution < 1.29 is 9.84 Å². The number of hydrogen-bond acceptors (Lipinski definition) is 4. The Morgan fingerprint density at radius 2 is 1.86 bits per heavy atom. The molecule has 1 saturated heterocycles. The highest BCUT2D eigenvalue weighted by atomic mass is 16.5. The zero-order valence-electron chi connectivity index (χ0n) is 14.3. The predicted octanol–water partition coefficient (Wildman–Crippen LogP) is 1.83. The van der Waals surface area contributed by atoms with E-state index in [-0.39, 0.29) is 6.10 Å². The van der Waals surface area contributed by atoms with Crippen molar-refractivity contribution in [1.82, 2.24) is 9.80 Å². The van der Waals surface area contributed by atoms with Gasteiger partial charge in [0, 0.05) is 32.7 Å². The average molecular weight is 298 g/mol. The van der Waals surface area contributed by atoms with Crippen molar-refractivity contribution in [2.24, 2.45) is 11.3 Å². The fourth-order valence-electron chi connectivity index (χ4n) is 4.01. The first-order chi connectivity index (χ1) is 9.84. The van der Waals surface area contributed by atoms with E-state index in [2.05, 4.69) is 37.6 Å². The van der Waals surface area contributed by atoms with Crippen molar-refractivity contribution in [3.8, 4) is 0 Å². The molecule has 4 heteroatoms. The van der Waals surface area contributed by atoms with Crippen LogP contribution >= 0.6 is 0 Å². The molecule has 1 heterocycles. The molecule has 1 aliphatic carbocycles. The number of β-amino-alcohol motifs (C(OH)–C–C–N with tert-alkyl or cyclic N) is 1. The molecule has 0 aromatic heterocycles. The van der Waals surface area contributed by atoms with Crippen LogP contribution in [0.4, 0.5) is 0 Å². The Labute approximate surface area is 130 Å². The fraction of sp³-hybridized carbons (Fsp3) is 1.00. The number of aliphatic hydroxyl groups is 1. The maximum atomic E-state index is 10.2. The van der Waals surface area contributed by atoms with Gasteiger partial charge in [-0.25, -0.2) is 0 Å². The zero-order chi connectivity index (χ0) is 15.5. The monoisotopic (exact) mass is 298 g/mol. The molecule has 0 unspecified atom stereocenters. The normalized spacial score (nSPS) is 33.0. The van der Waals surface area contributed by atoms with Crippen molar-refractivity contribution in [1.29, 1.82) is 0 Å². The van der Waals surface area contributed by atoms with E-state index in [0.717, 1.165) is 51.5 Å². The van der Waals surface area contributed by atoms with Crippen molar-refractivity contribution >= 4 is 0 Å². The summed E-state index contributed by atoms with van der Waals surface area (Å²) in [5.41, 5.74) is 0.380. The summed E-state index contributed by atoms with van der Waals surface area (Å²) >= 11 is 0. The predicted molar refractivity (Wildman–Crippen MR) is 86.5 cm³/mol. The summed E-state index contributed by atoms with van der Waals surface area (Å²) in [7, 11) is 2.16. The van der Waals surface area contributed by atoms with Gasteiger partial charge >= 0.3 is 0 Å². The number of hydrogen-bond donors (Lipinski definition) is 1. The van der Waals surface area contributed by atoms with Gasteiger partial charge in [-0.1, -0.05) is 20.8 Å². The summed E-state index contributed by atoms with van der Waals surface area (Å²) in [6.45, 7) is 12.5. The van der Waals surface area contributed by atoms with Crippen LogP contribution in [-0.4, -0.2) is 73.5 Å². The molecule has 0 amide bonds. The molecule has 0 aromatic carbocycles. The van der Waals surface area contributed by atoms with E-state index >= 15 is 0 Å². The van der Waals surface area contributed by atoms with E-state index in [1.165, 1.54) is 6.42 Å². The van der Waals surface area contributed by atoms with Gasteiger partial charge in [-0.15, -0.1) is 0 Å². The van der Waals surface area contributed by atoms with Crippen LogP contribution in [-0.2, 0) is 4.74 Å². The second-order valence-electron chi connectivity index (χ2n) is 8.13. The van der Waals surface area contributed by atoms with Gasteiger partial charge in [-0.3, -0.25) is 4.90 Å². The molecule has 2 aliphatic rings. The summed E-state index contributed by atoms with van der Waals surface area (Å²) in [6.07, 6.45) is 3.53. The number of rotatable bonds is 5. The molecule has 124 valence electrons. The lowest BCUT2D eigenvalue weighted by atomic mass is 9.71.